The number of benzene rings is 1. The van der Waals surface area contributed by atoms with Crippen molar-refractivity contribution < 1.29 is 9.85 Å². The number of nitrogens with one attached hydrogen (secondary N) is 1. The van der Waals surface area contributed by atoms with Crippen LogP contribution < -0.4 is 5.32 Å². The van der Waals surface area contributed by atoms with E-state index in [1.807, 2.05) is 11.8 Å². The molecule has 1 aromatic rings. The summed E-state index contributed by atoms with van der Waals surface area (Å²) in [4.78, 5) is 20.3. The quantitative estimate of drug-likeness (QED) is 0.659. The molecule has 1 heterocycles. The summed E-state index contributed by atoms with van der Waals surface area (Å²) in [7, 11) is 0. The first-order valence-electron chi connectivity index (χ1n) is 5.86. The lowest BCUT2D eigenvalue weighted by Crippen LogP contribution is -2.14. The van der Waals surface area contributed by atoms with Crippen LogP contribution in [0.15, 0.2) is 18.2 Å². The Hall–Kier alpha value is -1.83. The zero-order chi connectivity index (χ0) is 13.8. The van der Waals surface area contributed by atoms with Crippen molar-refractivity contribution in [3.05, 3.63) is 38.4 Å². The fourth-order valence-corrected chi connectivity index (χ4v) is 3.16. The highest BCUT2D eigenvalue weighted by Crippen LogP contribution is 2.31. The number of nitro groups is 2. The minimum absolute atomic E-state index is 0.253. The normalized spacial score (nSPS) is 18.2. The monoisotopic (exact) mass is 283 g/mol. The molecular weight excluding hydrogens is 270 g/mol. The number of thioether (sulfide) groups is 1. The average Bonchev–Trinajstić information content (AvgIpc) is 2.89. The van der Waals surface area contributed by atoms with Crippen molar-refractivity contribution in [2.45, 2.75) is 18.1 Å². The highest BCUT2D eigenvalue weighted by molar-refractivity contribution is 8.00. The van der Waals surface area contributed by atoms with Gasteiger partial charge < -0.3 is 5.32 Å². The third-order valence-corrected chi connectivity index (χ3v) is 4.33. The Morgan fingerprint density at radius 3 is 2.68 bits per heavy atom. The van der Waals surface area contributed by atoms with Gasteiger partial charge >= 0.3 is 0 Å². The molecule has 1 saturated heterocycles. The van der Waals surface area contributed by atoms with Crippen LogP contribution in [0.2, 0.25) is 0 Å². The lowest BCUT2D eigenvalue weighted by Gasteiger charge is -2.11. The van der Waals surface area contributed by atoms with Gasteiger partial charge in [-0.3, -0.25) is 20.2 Å². The SMILES string of the molecule is O=[N+]([O-])c1ccc(NCC2CCCS2)c([N+](=O)[O-])c1. The smallest absolute Gasteiger partial charge is 0.299 e. The zero-order valence-electron chi connectivity index (χ0n) is 10.1. The minimum atomic E-state index is -0.635. The first kappa shape index (κ1) is 13.6. The molecule has 1 N–H and O–H groups in total. The maximum Gasteiger partial charge on any atom is 0.299 e. The molecule has 19 heavy (non-hydrogen) atoms. The first-order valence-corrected chi connectivity index (χ1v) is 6.91. The van der Waals surface area contributed by atoms with Crippen molar-refractivity contribution in [2.75, 3.05) is 17.6 Å². The van der Waals surface area contributed by atoms with E-state index in [1.165, 1.54) is 18.6 Å². The fraction of sp³-hybridized carbons (Fsp3) is 0.455. The Morgan fingerprint density at radius 2 is 2.11 bits per heavy atom. The van der Waals surface area contributed by atoms with E-state index in [-0.39, 0.29) is 11.4 Å². The molecule has 1 aromatic carbocycles. The zero-order valence-corrected chi connectivity index (χ0v) is 10.9. The van der Waals surface area contributed by atoms with Gasteiger partial charge in [0.25, 0.3) is 11.4 Å². The highest BCUT2D eigenvalue weighted by atomic mass is 32.2. The molecule has 7 nitrogen and oxygen atoms in total. The van der Waals surface area contributed by atoms with Crippen LogP contribution in [0.25, 0.3) is 0 Å². The van der Waals surface area contributed by atoms with Crippen LogP contribution in [0.4, 0.5) is 17.1 Å². The molecule has 0 aliphatic carbocycles. The van der Waals surface area contributed by atoms with Crippen LogP contribution in [0, 0.1) is 20.2 Å². The molecule has 0 saturated carbocycles. The molecule has 0 amide bonds. The molecule has 2 rings (SSSR count). The van der Waals surface area contributed by atoms with Gasteiger partial charge in [0.15, 0.2) is 0 Å². The summed E-state index contributed by atoms with van der Waals surface area (Å²) in [5, 5.41) is 25.0. The summed E-state index contributed by atoms with van der Waals surface area (Å²) in [5.74, 6) is 1.12. The third kappa shape index (κ3) is 3.34. The van der Waals surface area contributed by atoms with E-state index in [4.69, 9.17) is 0 Å². The Bertz CT molecular complexity index is 503. The van der Waals surface area contributed by atoms with E-state index in [1.54, 1.807) is 0 Å². The summed E-state index contributed by atoms with van der Waals surface area (Å²) in [6, 6.07) is 3.66. The van der Waals surface area contributed by atoms with E-state index in [0.29, 0.717) is 17.5 Å². The molecule has 0 aromatic heterocycles. The van der Waals surface area contributed by atoms with E-state index in [0.717, 1.165) is 18.2 Å². The van der Waals surface area contributed by atoms with Crippen LogP contribution in [-0.4, -0.2) is 27.4 Å². The number of non-ortho nitro benzene ring substituents is 1. The third-order valence-electron chi connectivity index (χ3n) is 2.93. The molecule has 1 fully saturated rings. The highest BCUT2D eigenvalue weighted by Gasteiger charge is 2.21. The maximum atomic E-state index is 10.9. The van der Waals surface area contributed by atoms with Crippen LogP contribution in [0.5, 0.6) is 0 Å². The molecule has 0 radical (unpaired) electrons. The number of anilines is 1. The lowest BCUT2D eigenvalue weighted by molar-refractivity contribution is -0.393. The molecule has 8 heteroatoms. The van der Waals surface area contributed by atoms with Gasteiger partial charge in [0.1, 0.15) is 5.69 Å². The number of nitrogens with zero attached hydrogens (tertiary/aromatic N) is 2. The van der Waals surface area contributed by atoms with Crippen LogP contribution in [-0.2, 0) is 0 Å². The second-order valence-corrected chi connectivity index (χ2v) is 5.64. The summed E-state index contributed by atoms with van der Waals surface area (Å²) >= 11 is 1.84. The lowest BCUT2D eigenvalue weighted by atomic mass is 10.2. The molecule has 1 atom stereocenters. The molecule has 0 bridgehead atoms. The number of hydrogen-bond donors (Lipinski definition) is 1. The van der Waals surface area contributed by atoms with Gasteiger partial charge in [0.05, 0.1) is 15.9 Å². The maximum absolute atomic E-state index is 10.9. The standard InChI is InChI=1S/C11H13N3O4S/c15-13(16)8-3-4-10(11(6-8)14(17)18)12-7-9-2-1-5-19-9/h3-4,6,9,12H,1-2,5,7H2. The van der Waals surface area contributed by atoms with Crippen molar-refractivity contribution in [2.24, 2.45) is 0 Å². The van der Waals surface area contributed by atoms with Gasteiger partial charge in [-0.2, -0.15) is 11.8 Å². The van der Waals surface area contributed by atoms with E-state index in [2.05, 4.69) is 5.32 Å². The van der Waals surface area contributed by atoms with Gasteiger partial charge in [-0.05, 0) is 24.7 Å². The average molecular weight is 283 g/mol. The van der Waals surface area contributed by atoms with Gasteiger partial charge in [-0.15, -0.1) is 0 Å². The van der Waals surface area contributed by atoms with Crippen molar-refractivity contribution >= 4 is 28.8 Å². The largest absolute Gasteiger partial charge is 0.378 e. The van der Waals surface area contributed by atoms with Crippen LogP contribution >= 0.6 is 11.8 Å². The first-order chi connectivity index (χ1) is 9.08. The van der Waals surface area contributed by atoms with Gasteiger partial charge in [-0.25, -0.2) is 0 Å². The van der Waals surface area contributed by atoms with E-state index >= 15 is 0 Å². The number of hydrogen-bond acceptors (Lipinski definition) is 6. The summed E-state index contributed by atoms with van der Waals surface area (Å²) in [6.07, 6.45) is 2.26. The summed E-state index contributed by atoms with van der Waals surface area (Å²) in [6.45, 7) is 0.642. The predicted molar refractivity (Wildman–Crippen MR) is 73.7 cm³/mol. The van der Waals surface area contributed by atoms with Gasteiger partial charge in [-0.1, -0.05) is 0 Å². The fourth-order valence-electron chi connectivity index (χ4n) is 1.96. The second-order valence-electron chi connectivity index (χ2n) is 4.23. The Balaban J connectivity index is 2.14. The van der Waals surface area contributed by atoms with Crippen LogP contribution in [0.3, 0.4) is 0 Å². The Morgan fingerprint density at radius 1 is 1.32 bits per heavy atom. The van der Waals surface area contributed by atoms with E-state index in [9.17, 15) is 20.2 Å². The summed E-state index contributed by atoms with van der Waals surface area (Å²) in [5.41, 5.74) is -0.187. The summed E-state index contributed by atoms with van der Waals surface area (Å²) < 4.78 is 0. The molecule has 1 unspecified atom stereocenters. The van der Waals surface area contributed by atoms with Crippen molar-refractivity contribution in [1.82, 2.24) is 0 Å². The molecule has 1 aliphatic heterocycles. The Labute approximate surface area is 113 Å². The minimum Gasteiger partial charge on any atom is -0.378 e. The molecule has 0 spiro atoms. The van der Waals surface area contributed by atoms with E-state index < -0.39 is 9.85 Å². The van der Waals surface area contributed by atoms with Crippen molar-refractivity contribution in [3.8, 4) is 0 Å². The van der Waals surface area contributed by atoms with Gasteiger partial charge in [0, 0.05) is 17.9 Å². The van der Waals surface area contributed by atoms with Crippen LogP contribution in [0.1, 0.15) is 12.8 Å². The molecule has 102 valence electrons. The number of nitro benzene ring substituents is 2. The predicted octanol–water partition coefficient (Wildman–Crippen LogP) is 2.81. The second kappa shape index (κ2) is 5.87. The Kier molecular flexibility index (Phi) is 4.20. The molecule has 1 aliphatic rings. The number of rotatable bonds is 5. The van der Waals surface area contributed by atoms with Gasteiger partial charge in [0.2, 0.25) is 0 Å². The van der Waals surface area contributed by atoms with Crippen molar-refractivity contribution in [1.29, 1.82) is 0 Å². The molecular formula is C11H13N3O4S. The van der Waals surface area contributed by atoms with Crippen molar-refractivity contribution in [3.63, 3.8) is 0 Å². The topological polar surface area (TPSA) is 98.3 Å².